The number of alkyl halides is 2. The molecule has 1 rings (SSSR count). The van der Waals surface area contributed by atoms with Crippen LogP contribution in [0.5, 0.6) is 5.75 Å². The molecule has 0 aliphatic rings. The zero-order valence-corrected chi connectivity index (χ0v) is 8.07. The predicted molar refractivity (Wildman–Crippen MR) is 48.2 cm³/mol. The molecule has 0 aliphatic carbocycles. The molecule has 0 unspecified atom stereocenters. The fraction of sp³-hybridized carbons (Fsp3) is 0.250. The average molecular weight is 246 g/mol. The summed E-state index contributed by atoms with van der Waals surface area (Å²) in [7, 11) is 0. The van der Waals surface area contributed by atoms with Gasteiger partial charge in [0, 0.05) is 5.56 Å². The molecule has 0 aromatic heterocycles. The molecule has 3 N–H and O–H groups in total. The van der Waals surface area contributed by atoms with Crippen molar-refractivity contribution in [3.63, 3.8) is 0 Å². The highest BCUT2D eigenvalue weighted by molar-refractivity contribution is 5.85. The van der Waals surface area contributed by atoms with Crippen LogP contribution in [-0.2, 0) is 0 Å². The van der Waals surface area contributed by atoms with Gasteiger partial charge >= 0.3 is 0 Å². The Morgan fingerprint density at radius 3 is 2.20 bits per heavy atom. The first-order chi connectivity index (χ1) is 6.45. The maximum Gasteiger partial charge on any atom is 0.257 e. The Morgan fingerprint density at radius 2 is 1.73 bits per heavy atom. The molecule has 0 bridgehead atoms. The van der Waals surface area contributed by atoms with Crippen molar-refractivity contribution in [2.45, 2.75) is 12.5 Å². The normalized spacial score (nSPS) is 12.4. The third kappa shape index (κ3) is 2.73. The summed E-state index contributed by atoms with van der Waals surface area (Å²) in [4.78, 5) is 0. The van der Waals surface area contributed by atoms with Crippen LogP contribution in [0.15, 0.2) is 12.1 Å². The summed E-state index contributed by atoms with van der Waals surface area (Å²) in [5, 5.41) is 8.97. The lowest BCUT2D eigenvalue weighted by atomic mass is 10.1. The minimum absolute atomic E-state index is 0. The molecule has 86 valence electrons. The fourth-order valence-electron chi connectivity index (χ4n) is 0.960. The summed E-state index contributed by atoms with van der Waals surface area (Å²) in [5.41, 5.74) is 4.44. The zero-order valence-electron chi connectivity index (χ0n) is 7.25. The van der Waals surface area contributed by atoms with Gasteiger partial charge in [0.1, 0.15) is 0 Å². The Kier molecular flexibility index (Phi) is 4.83. The third-order valence-corrected chi connectivity index (χ3v) is 1.73. The summed E-state index contributed by atoms with van der Waals surface area (Å²) in [6, 6.07) is -0.373. The molecule has 1 atom stereocenters. The van der Waals surface area contributed by atoms with Crippen molar-refractivity contribution in [3.05, 3.63) is 29.3 Å². The lowest BCUT2D eigenvalue weighted by Crippen LogP contribution is -2.19. The minimum atomic E-state index is -2.95. The number of benzene rings is 1. The van der Waals surface area contributed by atoms with E-state index in [-0.39, 0.29) is 12.4 Å². The largest absolute Gasteiger partial charge is 0.505 e. The van der Waals surface area contributed by atoms with Gasteiger partial charge in [0.15, 0.2) is 11.6 Å². The maximum atomic E-state index is 12.7. The monoisotopic (exact) mass is 245 g/mol. The Balaban J connectivity index is 0.00000196. The van der Waals surface area contributed by atoms with Gasteiger partial charge in [-0.2, -0.15) is 4.39 Å². The average Bonchev–Trinajstić information content (AvgIpc) is 2.13. The van der Waals surface area contributed by atoms with Gasteiger partial charge in [-0.05, 0) is 6.07 Å². The van der Waals surface area contributed by atoms with E-state index in [1.807, 2.05) is 0 Å². The molecule has 0 amide bonds. The summed E-state index contributed by atoms with van der Waals surface area (Å²) in [5.74, 6) is -4.05. The van der Waals surface area contributed by atoms with Gasteiger partial charge in [0.2, 0.25) is 5.82 Å². The SMILES string of the molecule is Cl.N[C@@H](c1ccc(F)c(F)c1O)C(F)F. The number of aromatic hydroxyl groups is 1. The fourth-order valence-corrected chi connectivity index (χ4v) is 0.960. The van der Waals surface area contributed by atoms with E-state index in [0.29, 0.717) is 6.07 Å². The van der Waals surface area contributed by atoms with Crippen LogP contribution in [0, 0.1) is 11.6 Å². The predicted octanol–water partition coefficient (Wildman–Crippen LogP) is 2.36. The summed E-state index contributed by atoms with van der Waals surface area (Å²) in [6.07, 6.45) is -2.95. The molecule has 0 saturated heterocycles. The van der Waals surface area contributed by atoms with E-state index in [1.165, 1.54) is 0 Å². The first-order valence-electron chi connectivity index (χ1n) is 3.65. The van der Waals surface area contributed by atoms with Crippen LogP contribution in [0.1, 0.15) is 11.6 Å². The zero-order chi connectivity index (χ0) is 10.9. The molecule has 1 aromatic rings. The lowest BCUT2D eigenvalue weighted by molar-refractivity contribution is 0.115. The van der Waals surface area contributed by atoms with E-state index < -0.39 is 35.4 Å². The van der Waals surface area contributed by atoms with E-state index in [2.05, 4.69) is 0 Å². The smallest absolute Gasteiger partial charge is 0.257 e. The molecule has 15 heavy (non-hydrogen) atoms. The lowest BCUT2D eigenvalue weighted by Gasteiger charge is -2.12. The minimum Gasteiger partial charge on any atom is -0.505 e. The van der Waals surface area contributed by atoms with Gasteiger partial charge < -0.3 is 10.8 Å². The molecule has 2 nitrogen and oxygen atoms in total. The highest BCUT2D eigenvalue weighted by atomic mass is 35.5. The number of rotatable bonds is 2. The van der Waals surface area contributed by atoms with Crippen molar-refractivity contribution in [3.8, 4) is 5.75 Å². The molecule has 0 radical (unpaired) electrons. The molecule has 0 heterocycles. The molecule has 0 aliphatic heterocycles. The first-order valence-corrected chi connectivity index (χ1v) is 3.65. The van der Waals surface area contributed by atoms with E-state index in [9.17, 15) is 17.6 Å². The molecule has 0 fully saturated rings. The number of nitrogens with two attached hydrogens (primary N) is 1. The molecule has 0 spiro atoms. The van der Waals surface area contributed by atoms with Crippen LogP contribution in [0.3, 0.4) is 0 Å². The van der Waals surface area contributed by atoms with Crippen LogP contribution in [0.2, 0.25) is 0 Å². The number of phenolic OH excluding ortho intramolecular Hbond substituents is 1. The second-order valence-electron chi connectivity index (χ2n) is 2.66. The quantitative estimate of drug-likeness (QED) is 0.786. The highest BCUT2D eigenvalue weighted by Gasteiger charge is 2.23. The molecule has 0 saturated carbocycles. The van der Waals surface area contributed by atoms with E-state index in [1.54, 1.807) is 0 Å². The van der Waals surface area contributed by atoms with Crippen LogP contribution in [-0.4, -0.2) is 11.5 Å². The highest BCUT2D eigenvalue weighted by Crippen LogP contribution is 2.30. The number of halogens is 5. The van der Waals surface area contributed by atoms with Crippen LogP contribution in [0.4, 0.5) is 17.6 Å². The summed E-state index contributed by atoms with van der Waals surface area (Å²) < 4.78 is 49.3. The van der Waals surface area contributed by atoms with Crippen molar-refractivity contribution < 1.29 is 22.7 Å². The van der Waals surface area contributed by atoms with Gasteiger partial charge in [-0.25, -0.2) is 13.2 Å². The second kappa shape index (κ2) is 5.18. The van der Waals surface area contributed by atoms with Gasteiger partial charge in [-0.1, -0.05) is 6.07 Å². The number of hydrogen-bond donors (Lipinski definition) is 2. The van der Waals surface area contributed by atoms with E-state index >= 15 is 0 Å². The molecule has 7 heteroatoms. The topological polar surface area (TPSA) is 46.2 Å². The first kappa shape index (κ1) is 14.0. The van der Waals surface area contributed by atoms with Crippen LogP contribution >= 0.6 is 12.4 Å². The molecule has 1 aromatic carbocycles. The second-order valence-corrected chi connectivity index (χ2v) is 2.66. The number of phenols is 1. The Morgan fingerprint density at radius 1 is 1.20 bits per heavy atom. The standard InChI is InChI=1S/C8H7F4NO.ClH/c9-4-2-1-3(6(13)8(11)12)7(14)5(4)10;/h1-2,6,8,14H,13H2;1H/t6-;/m0./s1. The van der Waals surface area contributed by atoms with Crippen molar-refractivity contribution in [1.82, 2.24) is 0 Å². The van der Waals surface area contributed by atoms with Crippen molar-refractivity contribution in [2.24, 2.45) is 5.73 Å². The Labute approximate surface area is 89.1 Å². The van der Waals surface area contributed by atoms with E-state index in [0.717, 1.165) is 6.07 Å². The van der Waals surface area contributed by atoms with Crippen LogP contribution < -0.4 is 5.73 Å². The van der Waals surface area contributed by atoms with E-state index in [4.69, 9.17) is 10.8 Å². The Bertz CT molecular complexity index is 348. The summed E-state index contributed by atoms with van der Waals surface area (Å²) >= 11 is 0. The molecular formula is C8H8ClF4NO. The van der Waals surface area contributed by atoms with Crippen molar-refractivity contribution in [2.75, 3.05) is 0 Å². The Hall–Kier alpha value is -1.01. The van der Waals surface area contributed by atoms with Crippen molar-refractivity contribution >= 4 is 12.4 Å². The van der Waals surface area contributed by atoms with Gasteiger partial charge in [-0.3, -0.25) is 0 Å². The number of hydrogen-bond acceptors (Lipinski definition) is 2. The third-order valence-electron chi connectivity index (χ3n) is 1.73. The maximum absolute atomic E-state index is 12.7. The van der Waals surface area contributed by atoms with Crippen molar-refractivity contribution in [1.29, 1.82) is 0 Å². The summed E-state index contributed by atoms with van der Waals surface area (Å²) in [6.45, 7) is 0. The van der Waals surface area contributed by atoms with Gasteiger partial charge in [0.05, 0.1) is 6.04 Å². The van der Waals surface area contributed by atoms with Gasteiger partial charge in [0.25, 0.3) is 6.43 Å². The van der Waals surface area contributed by atoms with Crippen LogP contribution in [0.25, 0.3) is 0 Å². The van der Waals surface area contributed by atoms with Gasteiger partial charge in [-0.15, -0.1) is 12.4 Å². The molecular weight excluding hydrogens is 238 g/mol.